The van der Waals surface area contributed by atoms with Crippen molar-refractivity contribution in [3.8, 4) is 0 Å². The molecule has 0 bridgehead atoms. The van der Waals surface area contributed by atoms with Gasteiger partial charge in [-0.05, 0) is 39.7 Å². The van der Waals surface area contributed by atoms with Crippen LogP contribution in [0.5, 0.6) is 0 Å². The fraction of sp³-hybridized carbons (Fsp3) is 0.829. The van der Waals surface area contributed by atoms with Crippen LogP contribution < -0.4 is 0 Å². The average Bonchev–Trinajstić information content (AvgIpc) is 2.96. The molecular weight excluding hydrogens is 529 g/mol. The van der Waals surface area contributed by atoms with Gasteiger partial charge in [0.25, 0.3) is 8.53 Å². The molecule has 240 valence electrons. The predicted molar refractivity (Wildman–Crippen MR) is 177 cm³/mol. The van der Waals surface area contributed by atoms with Gasteiger partial charge in [-0.25, -0.2) is 4.67 Å². The van der Waals surface area contributed by atoms with Gasteiger partial charge >= 0.3 is 0 Å². The van der Waals surface area contributed by atoms with Crippen LogP contribution in [-0.2, 0) is 25.1 Å². The Morgan fingerprint density at radius 1 is 0.634 bits per heavy atom. The lowest BCUT2D eigenvalue weighted by Gasteiger charge is -2.36. The second kappa shape index (κ2) is 27.0. The Hall–Kier alpha value is -0.550. The highest BCUT2D eigenvalue weighted by Crippen LogP contribution is 2.46. The highest BCUT2D eigenvalue weighted by atomic mass is 31.2. The SMILES string of the molecule is CCCCCCCCCCCCCCCCCCOC[C@H](COP(OCc1ccccc1)N(C(C)C)C(C)C)OC. The minimum atomic E-state index is -1.21. The van der Waals surface area contributed by atoms with Crippen molar-refractivity contribution in [2.75, 3.05) is 26.9 Å². The van der Waals surface area contributed by atoms with E-state index in [-0.39, 0.29) is 6.10 Å². The van der Waals surface area contributed by atoms with Gasteiger partial charge in [0.15, 0.2) is 0 Å². The number of unbranched alkanes of at least 4 members (excludes halogenated alkanes) is 15. The lowest BCUT2D eigenvalue weighted by Crippen LogP contribution is -2.34. The van der Waals surface area contributed by atoms with Gasteiger partial charge < -0.3 is 18.5 Å². The van der Waals surface area contributed by atoms with Gasteiger partial charge in [-0.1, -0.05) is 134 Å². The topological polar surface area (TPSA) is 40.2 Å². The monoisotopic (exact) mass is 595 g/mol. The van der Waals surface area contributed by atoms with Crippen LogP contribution in [0.4, 0.5) is 0 Å². The third-order valence-electron chi connectivity index (χ3n) is 7.58. The summed E-state index contributed by atoms with van der Waals surface area (Å²) in [6.07, 6.45) is 22.0. The first-order chi connectivity index (χ1) is 20.0. The van der Waals surface area contributed by atoms with E-state index in [4.69, 9.17) is 18.5 Å². The molecule has 1 unspecified atom stereocenters. The molecular formula is C35H66NO4P. The lowest BCUT2D eigenvalue weighted by molar-refractivity contribution is -0.0185. The van der Waals surface area contributed by atoms with E-state index >= 15 is 0 Å². The normalized spacial score (nSPS) is 13.5. The summed E-state index contributed by atoms with van der Waals surface area (Å²) in [4.78, 5) is 0. The molecule has 5 nitrogen and oxygen atoms in total. The van der Waals surface area contributed by atoms with Crippen LogP contribution in [0.2, 0.25) is 0 Å². The molecule has 0 saturated heterocycles. The van der Waals surface area contributed by atoms with Crippen LogP contribution >= 0.6 is 8.53 Å². The fourth-order valence-electron chi connectivity index (χ4n) is 5.15. The lowest BCUT2D eigenvalue weighted by atomic mass is 10.0. The molecule has 0 aromatic heterocycles. The molecule has 0 fully saturated rings. The molecule has 0 aliphatic rings. The molecule has 0 saturated carbocycles. The number of rotatable bonds is 29. The highest BCUT2D eigenvalue weighted by molar-refractivity contribution is 7.44. The second-order valence-corrected chi connectivity index (χ2v) is 13.6. The maximum atomic E-state index is 6.35. The first kappa shape index (κ1) is 38.5. The molecule has 0 radical (unpaired) electrons. The second-order valence-electron chi connectivity index (χ2n) is 12.1. The van der Waals surface area contributed by atoms with E-state index in [1.807, 2.05) is 18.2 Å². The average molecular weight is 596 g/mol. The number of nitrogens with zero attached hydrogens (tertiary/aromatic N) is 1. The van der Waals surface area contributed by atoms with Gasteiger partial charge in [-0.15, -0.1) is 0 Å². The summed E-state index contributed by atoms with van der Waals surface area (Å²) < 4.78 is 26.7. The van der Waals surface area contributed by atoms with E-state index in [0.717, 1.165) is 18.6 Å². The molecule has 0 amide bonds. The summed E-state index contributed by atoms with van der Waals surface area (Å²) in [5.74, 6) is 0. The van der Waals surface area contributed by atoms with E-state index in [0.29, 0.717) is 31.9 Å². The van der Waals surface area contributed by atoms with E-state index in [1.54, 1.807) is 7.11 Å². The minimum Gasteiger partial charge on any atom is -0.379 e. The van der Waals surface area contributed by atoms with Gasteiger partial charge in [0.2, 0.25) is 0 Å². The van der Waals surface area contributed by atoms with Crippen molar-refractivity contribution < 1.29 is 18.5 Å². The van der Waals surface area contributed by atoms with Gasteiger partial charge in [0, 0.05) is 25.8 Å². The van der Waals surface area contributed by atoms with Crippen molar-refractivity contribution in [3.05, 3.63) is 35.9 Å². The van der Waals surface area contributed by atoms with Crippen LogP contribution in [0.25, 0.3) is 0 Å². The number of ether oxygens (including phenoxy) is 2. The Morgan fingerprint density at radius 2 is 1.12 bits per heavy atom. The van der Waals surface area contributed by atoms with Crippen LogP contribution in [0.1, 0.15) is 143 Å². The molecule has 0 N–H and O–H groups in total. The van der Waals surface area contributed by atoms with E-state index in [2.05, 4.69) is 51.4 Å². The maximum absolute atomic E-state index is 6.35. The molecule has 1 rings (SSSR count). The minimum absolute atomic E-state index is 0.0949. The van der Waals surface area contributed by atoms with Crippen molar-refractivity contribution >= 4 is 8.53 Å². The van der Waals surface area contributed by atoms with Crippen molar-refractivity contribution in [1.29, 1.82) is 0 Å². The van der Waals surface area contributed by atoms with Gasteiger partial charge in [-0.3, -0.25) is 0 Å². The van der Waals surface area contributed by atoms with E-state index in [1.165, 1.54) is 96.3 Å². The summed E-state index contributed by atoms with van der Waals surface area (Å²) in [7, 11) is 0.530. The smallest absolute Gasteiger partial charge is 0.259 e. The summed E-state index contributed by atoms with van der Waals surface area (Å²) in [6.45, 7) is 13.4. The van der Waals surface area contributed by atoms with E-state index < -0.39 is 8.53 Å². The Bertz CT molecular complexity index is 667. The number of hydrogen-bond acceptors (Lipinski definition) is 5. The number of hydrogen-bond donors (Lipinski definition) is 0. The van der Waals surface area contributed by atoms with Crippen molar-refractivity contribution in [1.82, 2.24) is 4.67 Å². The van der Waals surface area contributed by atoms with Gasteiger partial charge in [0.1, 0.15) is 6.10 Å². The Kier molecular flexibility index (Phi) is 25.4. The third-order valence-corrected chi connectivity index (χ3v) is 9.60. The fourth-order valence-corrected chi connectivity index (χ4v) is 6.79. The first-order valence-electron chi connectivity index (χ1n) is 17.0. The number of methoxy groups -OCH3 is 1. The summed E-state index contributed by atoms with van der Waals surface area (Å²) in [6, 6.07) is 10.9. The first-order valence-corrected chi connectivity index (χ1v) is 18.1. The molecule has 0 aliphatic heterocycles. The van der Waals surface area contributed by atoms with Crippen molar-refractivity contribution in [3.63, 3.8) is 0 Å². The molecule has 0 aliphatic carbocycles. The Morgan fingerprint density at radius 3 is 1.59 bits per heavy atom. The van der Waals surface area contributed by atoms with Crippen LogP contribution in [0.3, 0.4) is 0 Å². The molecule has 0 heterocycles. The van der Waals surface area contributed by atoms with Crippen molar-refractivity contribution in [2.45, 2.75) is 162 Å². The van der Waals surface area contributed by atoms with Crippen LogP contribution in [0, 0.1) is 0 Å². The maximum Gasteiger partial charge on any atom is 0.259 e. The standard InChI is InChI=1S/C35H66NO4P/c1-7-8-9-10-11-12-13-14-15-16-17-18-19-20-21-25-28-38-30-35(37-6)31-40-41(36(32(2)3)33(4)5)39-29-34-26-23-22-24-27-34/h22-24,26-27,32-33,35H,7-21,25,28-31H2,1-6H3/t35-,41?/m1/s1. The van der Waals surface area contributed by atoms with Crippen LogP contribution in [0.15, 0.2) is 30.3 Å². The zero-order valence-corrected chi connectivity index (χ0v) is 28.7. The van der Waals surface area contributed by atoms with Gasteiger partial charge in [-0.2, -0.15) is 0 Å². The molecule has 1 aromatic carbocycles. The predicted octanol–water partition coefficient (Wildman–Crippen LogP) is 10.9. The Labute approximate surface area is 256 Å². The summed E-state index contributed by atoms with van der Waals surface area (Å²) in [5.41, 5.74) is 1.15. The molecule has 41 heavy (non-hydrogen) atoms. The quantitative estimate of drug-likeness (QED) is 0.0680. The highest BCUT2D eigenvalue weighted by Gasteiger charge is 2.28. The van der Waals surface area contributed by atoms with Gasteiger partial charge in [0.05, 0.1) is 19.8 Å². The summed E-state index contributed by atoms with van der Waals surface area (Å²) >= 11 is 0. The zero-order chi connectivity index (χ0) is 30.0. The molecule has 2 atom stereocenters. The molecule has 0 spiro atoms. The Balaban J connectivity index is 2.12. The number of benzene rings is 1. The molecule has 6 heteroatoms. The van der Waals surface area contributed by atoms with E-state index in [9.17, 15) is 0 Å². The third kappa shape index (κ3) is 20.9. The largest absolute Gasteiger partial charge is 0.379 e. The summed E-state index contributed by atoms with van der Waals surface area (Å²) in [5, 5.41) is 0. The van der Waals surface area contributed by atoms with Crippen LogP contribution in [-0.4, -0.2) is 49.8 Å². The van der Waals surface area contributed by atoms with Crippen molar-refractivity contribution in [2.24, 2.45) is 0 Å². The molecule has 1 aromatic rings. The zero-order valence-electron chi connectivity index (χ0n) is 27.8.